The van der Waals surface area contributed by atoms with Crippen molar-refractivity contribution in [3.8, 4) is 11.1 Å². The Morgan fingerprint density at radius 2 is 1.22 bits per heavy atom. The first-order valence-electron chi connectivity index (χ1n) is 10.6. The highest BCUT2D eigenvalue weighted by atomic mass is 16.4. The van der Waals surface area contributed by atoms with Crippen LogP contribution in [0.25, 0.3) is 11.1 Å². The molecule has 1 aliphatic rings. The fourth-order valence-electron chi connectivity index (χ4n) is 4.17. The summed E-state index contributed by atoms with van der Waals surface area (Å²) >= 11 is 0. The maximum atomic E-state index is 12.8. The standard InChI is InChI=1S/C26H24N2O4/c29-24(22-7-4-8-23(22)25(30)31)19-11-9-17(10-12-19)18-13-15-21(16-14-18)28-26(32)27-20-5-2-1-3-6-20/h1-3,5-6,9-16,22-23H,4,7-8H2,(H,30,31)(H2,27,28,32)/t22-,23+/m1/s1. The molecule has 32 heavy (non-hydrogen) atoms. The first kappa shape index (κ1) is 21.3. The molecule has 6 nitrogen and oxygen atoms in total. The Labute approximate surface area is 186 Å². The number of para-hydroxylation sites is 1. The average Bonchev–Trinajstić information content (AvgIpc) is 3.30. The van der Waals surface area contributed by atoms with Crippen molar-refractivity contribution in [2.75, 3.05) is 10.6 Å². The number of aliphatic carboxylic acids is 1. The number of amides is 2. The molecule has 0 unspecified atom stereocenters. The molecular formula is C26H24N2O4. The van der Waals surface area contributed by atoms with E-state index in [1.807, 2.05) is 66.7 Å². The summed E-state index contributed by atoms with van der Waals surface area (Å²) in [5.41, 5.74) is 3.80. The number of anilines is 2. The van der Waals surface area contributed by atoms with Crippen molar-refractivity contribution in [2.24, 2.45) is 11.8 Å². The molecule has 0 bridgehead atoms. The van der Waals surface area contributed by atoms with Crippen LogP contribution in [-0.2, 0) is 4.79 Å². The van der Waals surface area contributed by atoms with Gasteiger partial charge < -0.3 is 15.7 Å². The quantitative estimate of drug-likeness (QED) is 0.440. The third-order valence-electron chi connectivity index (χ3n) is 5.85. The van der Waals surface area contributed by atoms with Crippen molar-refractivity contribution >= 4 is 29.2 Å². The Bertz CT molecular complexity index is 1110. The molecule has 3 aromatic carbocycles. The van der Waals surface area contributed by atoms with E-state index < -0.39 is 17.8 Å². The van der Waals surface area contributed by atoms with E-state index in [0.717, 1.165) is 17.5 Å². The van der Waals surface area contributed by atoms with Gasteiger partial charge in [0.25, 0.3) is 0 Å². The number of rotatable bonds is 6. The second kappa shape index (κ2) is 9.47. The van der Waals surface area contributed by atoms with Crippen molar-refractivity contribution in [1.82, 2.24) is 0 Å². The van der Waals surface area contributed by atoms with Crippen LogP contribution < -0.4 is 10.6 Å². The van der Waals surface area contributed by atoms with E-state index in [0.29, 0.717) is 29.8 Å². The van der Waals surface area contributed by atoms with Crippen LogP contribution in [-0.4, -0.2) is 22.9 Å². The number of carbonyl (C=O) groups is 3. The van der Waals surface area contributed by atoms with Crippen LogP contribution in [0.15, 0.2) is 78.9 Å². The minimum atomic E-state index is -0.886. The van der Waals surface area contributed by atoms with Gasteiger partial charge in [0.1, 0.15) is 0 Å². The van der Waals surface area contributed by atoms with Crippen LogP contribution in [0.3, 0.4) is 0 Å². The van der Waals surface area contributed by atoms with Crippen LogP contribution in [0.1, 0.15) is 29.6 Å². The fourth-order valence-corrected chi connectivity index (χ4v) is 4.17. The van der Waals surface area contributed by atoms with Gasteiger partial charge in [0.15, 0.2) is 5.78 Å². The first-order valence-corrected chi connectivity index (χ1v) is 10.6. The van der Waals surface area contributed by atoms with Crippen molar-refractivity contribution in [1.29, 1.82) is 0 Å². The van der Waals surface area contributed by atoms with Gasteiger partial charge in [0.05, 0.1) is 5.92 Å². The molecule has 1 saturated carbocycles. The zero-order chi connectivity index (χ0) is 22.5. The van der Waals surface area contributed by atoms with Crippen LogP contribution in [0, 0.1) is 11.8 Å². The second-order valence-corrected chi connectivity index (χ2v) is 7.95. The van der Waals surface area contributed by atoms with Gasteiger partial charge in [-0.15, -0.1) is 0 Å². The van der Waals surface area contributed by atoms with Crippen LogP contribution in [0.5, 0.6) is 0 Å². The SMILES string of the molecule is O=C(Nc1ccccc1)Nc1ccc(-c2ccc(C(=O)[C@@H]3CCC[C@@H]3C(=O)O)cc2)cc1. The summed E-state index contributed by atoms with van der Waals surface area (Å²) in [6.45, 7) is 0. The molecule has 0 heterocycles. The van der Waals surface area contributed by atoms with E-state index in [4.69, 9.17) is 0 Å². The monoisotopic (exact) mass is 428 g/mol. The number of hydrogen-bond acceptors (Lipinski definition) is 3. The number of nitrogens with one attached hydrogen (secondary N) is 2. The zero-order valence-corrected chi connectivity index (χ0v) is 17.5. The van der Waals surface area contributed by atoms with Crippen molar-refractivity contribution in [3.63, 3.8) is 0 Å². The molecule has 0 radical (unpaired) electrons. The fraction of sp³-hybridized carbons (Fsp3) is 0.192. The molecule has 162 valence electrons. The maximum absolute atomic E-state index is 12.8. The molecule has 2 atom stereocenters. The number of carboxylic acid groups (broad SMARTS) is 1. The van der Waals surface area contributed by atoms with Crippen LogP contribution in [0.4, 0.5) is 16.2 Å². The van der Waals surface area contributed by atoms with Gasteiger partial charge in [0, 0.05) is 22.9 Å². The topological polar surface area (TPSA) is 95.5 Å². The lowest BCUT2D eigenvalue weighted by molar-refractivity contribution is -0.142. The predicted octanol–water partition coefficient (Wildman–Crippen LogP) is 5.68. The third kappa shape index (κ3) is 4.86. The number of carbonyl (C=O) groups excluding carboxylic acids is 2. The molecule has 4 rings (SSSR count). The summed E-state index contributed by atoms with van der Waals surface area (Å²) in [6.07, 6.45) is 1.96. The van der Waals surface area contributed by atoms with Gasteiger partial charge >= 0.3 is 12.0 Å². The Morgan fingerprint density at radius 1 is 0.688 bits per heavy atom. The molecule has 1 aliphatic carbocycles. The van der Waals surface area contributed by atoms with Crippen LogP contribution >= 0.6 is 0 Å². The summed E-state index contributed by atoms with van der Waals surface area (Å²) in [5.74, 6) is -2.00. The van der Waals surface area contributed by atoms with E-state index in [-0.39, 0.29) is 11.8 Å². The lowest BCUT2D eigenvalue weighted by Crippen LogP contribution is -2.25. The van der Waals surface area contributed by atoms with E-state index in [1.54, 1.807) is 12.1 Å². The number of carboxylic acids is 1. The summed E-state index contributed by atoms with van der Waals surface area (Å²) in [7, 11) is 0. The number of Topliss-reactive ketones (excluding diaryl/α,β-unsaturated/α-hetero) is 1. The van der Waals surface area contributed by atoms with Gasteiger partial charge in [-0.1, -0.05) is 61.0 Å². The molecule has 0 spiro atoms. The minimum Gasteiger partial charge on any atom is -0.481 e. The smallest absolute Gasteiger partial charge is 0.323 e. The number of ketones is 1. The van der Waals surface area contributed by atoms with Gasteiger partial charge in [-0.25, -0.2) is 4.79 Å². The molecule has 3 aromatic rings. The Morgan fingerprint density at radius 3 is 1.81 bits per heavy atom. The molecule has 1 fully saturated rings. The Hall–Kier alpha value is -3.93. The highest BCUT2D eigenvalue weighted by Crippen LogP contribution is 2.34. The zero-order valence-electron chi connectivity index (χ0n) is 17.5. The van der Waals surface area contributed by atoms with Gasteiger partial charge in [-0.3, -0.25) is 9.59 Å². The summed E-state index contributed by atoms with van der Waals surface area (Å²) in [4.78, 5) is 36.3. The van der Waals surface area contributed by atoms with Crippen molar-refractivity contribution in [3.05, 3.63) is 84.4 Å². The lowest BCUT2D eigenvalue weighted by Gasteiger charge is -2.14. The molecule has 2 amide bonds. The largest absolute Gasteiger partial charge is 0.481 e. The molecule has 0 aliphatic heterocycles. The van der Waals surface area contributed by atoms with Gasteiger partial charge in [0.2, 0.25) is 0 Å². The summed E-state index contributed by atoms with van der Waals surface area (Å²) in [6, 6.07) is 23.5. The number of hydrogen-bond donors (Lipinski definition) is 3. The Kier molecular flexibility index (Phi) is 6.31. The summed E-state index contributed by atoms with van der Waals surface area (Å²) in [5, 5.41) is 14.9. The first-order chi connectivity index (χ1) is 15.5. The highest BCUT2D eigenvalue weighted by molar-refractivity contribution is 6.01. The lowest BCUT2D eigenvalue weighted by atomic mass is 9.88. The van der Waals surface area contributed by atoms with E-state index in [9.17, 15) is 19.5 Å². The molecule has 3 N–H and O–H groups in total. The Balaban J connectivity index is 1.39. The highest BCUT2D eigenvalue weighted by Gasteiger charge is 2.37. The predicted molar refractivity (Wildman–Crippen MR) is 124 cm³/mol. The minimum absolute atomic E-state index is 0.0922. The van der Waals surface area contributed by atoms with E-state index in [1.165, 1.54) is 0 Å². The molecule has 0 saturated heterocycles. The summed E-state index contributed by atoms with van der Waals surface area (Å²) < 4.78 is 0. The maximum Gasteiger partial charge on any atom is 0.323 e. The van der Waals surface area contributed by atoms with Crippen molar-refractivity contribution in [2.45, 2.75) is 19.3 Å². The molecular weight excluding hydrogens is 404 g/mol. The normalized spacial score (nSPS) is 17.5. The number of benzene rings is 3. The van der Waals surface area contributed by atoms with Crippen molar-refractivity contribution < 1.29 is 19.5 Å². The van der Waals surface area contributed by atoms with Crippen LogP contribution in [0.2, 0.25) is 0 Å². The molecule has 0 aromatic heterocycles. The second-order valence-electron chi connectivity index (χ2n) is 7.95. The van der Waals surface area contributed by atoms with Gasteiger partial charge in [-0.2, -0.15) is 0 Å². The third-order valence-corrected chi connectivity index (χ3v) is 5.85. The molecule has 6 heteroatoms. The average molecular weight is 428 g/mol. The van der Waals surface area contributed by atoms with Gasteiger partial charge in [-0.05, 0) is 48.2 Å². The number of urea groups is 1. The van der Waals surface area contributed by atoms with E-state index in [2.05, 4.69) is 10.6 Å². The van der Waals surface area contributed by atoms with E-state index >= 15 is 0 Å².